The van der Waals surface area contributed by atoms with Gasteiger partial charge in [0.25, 0.3) is 0 Å². The van der Waals surface area contributed by atoms with Crippen molar-refractivity contribution in [3.05, 3.63) is 58.4 Å². The zero-order valence-corrected chi connectivity index (χ0v) is 23.5. The number of aromatic nitrogens is 4. The topological polar surface area (TPSA) is 111 Å². The Balaban J connectivity index is 1.29. The first-order valence-electron chi connectivity index (χ1n) is 13.4. The Hall–Kier alpha value is -3.90. The number of aromatic amines is 1. The number of alkyl halides is 3. The molecule has 0 unspecified atom stereocenters. The van der Waals surface area contributed by atoms with E-state index in [4.69, 9.17) is 21.4 Å². The number of H-pyrrole nitrogens is 1. The lowest BCUT2D eigenvalue weighted by atomic mass is 9.61. The fourth-order valence-electron chi connectivity index (χ4n) is 5.87. The molecule has 3 heterocycles. The lowest BCUT2D eigenvalue weighted by Crippen LogP contribution is -2.60. The molecule has 1 spiro atoms. The van der Waals surface area contributed by atoms with Crippen LogP contribution in [-0.2, 0) is 25.7 Å². The minimum atomic E-state index is -5.18. The molecule has 1 saturated heterocycles. The van der Waals surface area contributed by atoms with Crippen molar-refractivity contribution in [1.29, 1.82) is 0 Å². The molecule has 1 aliphatic carbocycles. The fourth-order valence-corrected chi connectivity index (χ4v) is 6.12. The van der Waals surface area contributed by atoms with Gasteiger partial charge in [-0.1, -0.05) is 35.9 Å². The zero-order valence-electron chi connectivity index (χ0n) is 22.8. The molecule has 220 valence electrons. The number of ether oxygens (including phenoxy) is 2. The normalized spacial score (nSPS) is 16.3. The van der Waals surface area contributed by atoms with Crippen LogP contribution in [0.15, 0.2) is 36.5 Å². The van der Waals surface area contributed by atoms with Crippen LogP contribution in [0, 0.1) is 19.3 Å². The van der Waals surface area contributed by atoms with Gasteiger partial charge in [-0.2, -0.15) is 23.4 Å². The number of esters is 2. The summed E-state index contributed by atoms with van der Waals surface area (Å²) in [6.07, 6.45) is -1.32. The quantitative estimate of drug-likeness (QED) is 0.272. The number of hydrogen-bond donors (Lipinski definition) is 2. The number of benzene rings is 2. The highest BCUT2D eigenvalue weighted by Gasteiger charge is 2.50. The van der Waals surface area contributed by atoms with Crippen molar-refractivity contribution in [1.82, 2.24) is 25.3 Å². The Bertz CT molecular complexity index is 1680. The van der Waals surface area contributed by atoms with Gasteiger partial charge in [-0.15, -0.1) is 0 Å². The SMILES string of the molecule is Cc1cc2[nH]ncc2c(-c2c(-c3ccc(COC(=O)COC(=O)C(F)(F)F)cc3)nn(C3CC4(CNC4)C3)c2C)c1Cl. The van der Waals surface area contributed by atoms with Gasteiger partial charge < -0.3 is 14.8 Å². The standard InChI is InChI=1S/C29H27ClF3N5O4/c1-15-7-21-20(10-35-36-21)24(25(15)30)23-16(2)38(19-8-28(9-19)13-34-14-28)37-26(23)18-5-3-17(4-6-18)11-41-22(39)12-42-27(40)29(31,32)33/h3-7,10,19,34H,8-9,11-14H2,1-2H3,(H,35,36). The van der Waals surface area contributed by atoms with Gasteiger partial charge in [0.15, 0.2) is 6.61 Å². The number of fused-ring (bicyclic) bond motifs is 1. The Morgan fingerprint density at radius 3 is 2.48 bits per heavy atom. The molecule has 6 rings (SSSR count). The Kier molecular flexibility index (Phi) is 7.01. The minimum absolute atomic E-state index is 0.208. The molecule has 1 aliphatic heterocycles. The largest absolute Gasteiger partial charge is 0.490 e. The van der Waals surface area contributed by atoms with E-state index in [0.29, 0.717) is 16.0 Å². The van der Waals surface area contributed by atoms with Crippen LogP contribution in [0.1, 0.15) is 35.7 Å². The van der Waals surface area contributed by atoms with E-state index in [2.05, 4.69) is 31.9 Å². The van der Waals surface area contributed by atoms with Crippen molar-refractivity contribution in [2.75, 3.05) is 19.7 Å². The maximum absolute atomic E-state index is 12.3. The Morgan fingerprint density at radius 2 is 1.83 bits per heavy atom. The average molecular weight is 602 g/mol. The summed E-state index contributed by atoms with van der Waals surface area (Å²) in [4.78, 5) is 22.6. The van der Waals surface area contributed by atoms with Crippen molar-refractivity contribution in [3.8, 4) is 22.4 Å². The number of nitrogens with zero attached hydrogens (tertiary/aromatic N) is 3. The van der Waals surface area contributed by atoms with Crippen molar-refractivity contribution in [2.45, 2.75) is 45.5 Å². The maximum Gasteiger partial charge on any atom is 0.490 e. The lowest BCUT2D eigenvalue weighted by molar-refractivity contribution is -0.201. The monoisotopic (exact) mass is 601 g/mol. The van der Waals surface area contributed by atoms with E-state index >= 15 is 0 Å². The van der Waals surface area contributed by atoms with E-state index in [9.17, 15) is 22.8 Å². The number of aryl methyl sites for hydroxylation is 1. The van der Waals surface area contributed by atoms with Crippen LogP contribution in [0.4, 0.5) is 13.2 Å². The van der Waals surface area contributed by atoms with Gasteiger partial charge in [-0.25, -0.2) is 9.59 Å². The molecular weight excluding hydrogens is 575 g/mol. The average Bonchev–Trinajstić information content (AvgIpc) is 3.49. The van der Waals surface area contributed by atoms with Gasteiger partial charge in [0.05, 0.1) is 22.8 Å². The number of hydrogen-bond acceptors (Lipinski definition) is 7. The highest BCUT2D eigenvalue weighted by Crippen LogP contribution is 2.53. The Morgan fingerprint density at radius 1 is 1.12 bits per heavy atom. The second-order valence-electron chi connectivity index (χ2n) is 11.1. The first-order valence-corrected chi connectivity index (χ1v) is 13.7. The first kappa shape index (κ1) is 28.2. The molecular formula is C29H27ClF3N5O4. The molecule has 0 radical (unpaired) electrons. The van der Waals surface area contributed by atoms with Crippen LogP contribution >= 0.6 is 11.6 Å². The van der Waals surface area contributed by atoms with Crippen LogP contribution in [0.3, 0.4) is 0 Å². The van der Waals surface area contributed by atoms with E-state index in [1.807, 2.05) is 25.1 Å². The third-order valence-corrected chi connectivity index (χ3v) is 8.61. The number of rotatable bonds is 7. The van der Waals surface area contributed by atoms with Gasteiger partial charge in [-0.05, 0) is 49.3 Å². The van der Waals surface area contributed by atoms with Crippen molar-refractivity contribution in [3.63, 3.8) is 0 Å². The summed E-state index contributed by atoms with van der Waals surface area (Å²) in [5, 5.41) is 17.3. The molecule has 2 aliphatic rings. The molecule has 1 saturated carbocycles. The third kappa shape index (κ3) is 5.02. The number of halogens is 4. The van der Waals surface area contributed by atoms with Gasteiger partial charge in [0.2, 0.25) is 0 Å². The zero-order chi connectivity index (χ0) is 29.8. The second kappa shape index (κ2) is 10.4. The summed E-state index contributed by atoms with van der Waals surface area (Å²) in [5.41, 5.74) is 7.04. The van der Waals surface area contributed by atoms with Gasteiger partial charge in [0, 0.05) is 40.9 Å². The molecule has 2 aromatic carbocycles. The molecule has 2 fully saturated rings. The molecule has 0 bridgehead atoms. The number of carbonyl (C=O) groups excluding carboxylic acids is 2. The summed E-state index contributed by atoms with van der Waals surface area (Å²) in [7, 11) is 0. The molecule has 0 atom stereocenters. The van der Waals surface area contributed by atoms with Crippen LogP contribution in [-0.4, -0.2) is 57.8 Å². The molecule has 2 N–H and O–H groups in total. The van der Waals surface area contributed by atoms with E-state index in [1.54, 1.807) is 18.3 Å². The number of nitrogens with one attached hydrogen (secondary N) is 2. The minimum Gasteiger partial charge on any atom is -0.458 e. The molecule has 2 aromatic heterocycles. The lowest BCUT2D eigenvalue weighted by Gasteiger charge is -2.54. The van der Waals surface area contributed by atoms with Crippen molar-refractivity contribution < 1.29 is 32.2 Å². The van der Waals surface area contributed by atoms with Crippen molar-refractivity contribution >= 4 is 34.4 Å². The molecule has 42 heavy (non-hydrogen) atoms. The summed E-state index contributed by atoms with van der Waals surface area (Å²) in [6, 6.07) is 9.41. The van der Waals surface area contributed by atoms with Crippen LogP contribution < -0.4 is 5.32 Å². The van der Waals surface area contributed by atoms with E-state index in [1.165, 1.54) is 0 Å². The first-order chi connectivity index (χ1) is 20.0. The van der Waals surface area contributed by atoms with Crippen molar-refractivity contribution in [2.24, 2.45) is 5.41 Å². The summed E-state index contributed by atoms with van der Waals surface area (Å²) in [6.45, 7) is 4.72. The second-order valence-corrected chi connectivity index (χ2v) is 11.4. The summed E-state index contributed by atoms with van der Waals surface area (Å²) in [5.74, 6) is -3.54. The van der Waals surface area contributed by atoms with Crippen LogP contribution in [0.5, 0.6) is 0 Å². The predicted octanol–water partition coefficient (Wildman–Crippen LogP) is 5.44. The van der Waals surface area contributed by atoms with Gasteiger partial charge >= 0.3 is 18.1 Å². The van der Waals surface area contributed by atoms with E-state index in [0.717, 1.165) is 70.5 Å². The van der Waals surface area contributed by atoms with Crippen LogP contribution in [0.2, 0.25) is 5.02 Å². The predicted molar refractivity (Wildman–Crippen MR) is 148 cm³/mol. The Labute approximate surface area is 243 Å². The van der Waals surface area contributed by atoms with Crippen LogP contribution in [0.25, 0.3) is 33.3 Å². The van der Waals surface area contributed by atoms with E-state index in [-0.39, 0.29) is 12.6 Å². The van der Waals surface area contributed by atoms with Gasteiger partial charge in [0.1, 0.15) is 12.3 Å². The summed E-state index contributed by atoms with van der Waals surface area (Å²) >= 11 is 6.95. The van der Waals surface area contributed by atoms with E-state index < -0.39 is 24.7 Å². The van der Waals surface area contributed by atoms with Gasteiger partial charge in [-0.3, -0.25) is 9.78 Å². The number of carbonyl (C=O) groups is 2. The summed E-state index contributed by atoms with van der Waals surface area (Å²) < 4.78 is 47.8. The highest BCUT2D eigenvalue weighted by atomic mass is 35.5. The fraction of sp³-hybridized carbons (Fsp3) is 0.379. The molecule has 4 aromatic rings. The maximum atomic E-state index is 12.3. The molecule has 0 amide bonds. The highest BCUT2D eigenvalue weighted by molar-refractivity contribution is 6.36. The molecule has 9 nitrogen and oxygen atoms in total. The third-order valence-electron chi connectivity index (χ3n) is 8.13. The smallest absolute Gasteiger partial charge is 0.458 e. The molecule has 13 heteroatoms.